The van der Waals surface area contributed by atoms with E-state index in [-0.39, 0.29) is 0 Å². The maximum absolute atomic E-state index is 5.58. The molecular formula is C13H21NO. The first-order valence-electron chi connectivity index (χ1n) is 5.60. The third-order valence-electron chi connectivity index (χ3n) is 2.55. The molecule has 0 aromatic heterocycles. The van der Waals surface area contributed by atoms with E-state index in [4.69, 9.17) is 4.74 Å². The standard InChI is InChI=1S/C13H21NO/c1-4-9-15-10-13(14-3)12-8-6-5-7-11(12)2/h5-8,13-14H,4,9-10H2,1-3H3. The number of ether oxygens (including phenoxy) is 1. The molecule has 1 aromatic rings. The Morgan fingerprint density at radius 2 is 2.07 bits per heavy atom. The van der Waals surface area contributed by atoms with Crippen molar-refractivity contribution in [3.05, 3.63) is 35.4 Å². The molecule has 0 amide bonds. The molecule has 0 aliphatic rings. The molecule has 1 atom stereocenters. The van der Waals surface area contributed by atoms with Crippen molar-refractivity contribution < 1.29 is 4.74 Å². The van der Waals surface area contributed by atoms with Crippen molar-refractivity contribution >= 4 is 0 Å². The smallest absolute Gasteiger partial charge is 0.0661 e. The molecule has 1 unspecified atom stereocenters. The van der Waals surface area contributed by atoms with Crippen molar-refractivity contribution in [3.63, 3.8) is 0 Å². The number of hydrogen-bond acceptors (Lipinski definition) is 2. The van der Waals surface area contributed by atoms with Gasteiger partial charge in [-0.3, -0.25) is 0 Å². The Hall–Kier alpha value is -0.860. The summed E-state index contributed by atoms with van der Waals surface area (Å²) in [5.74, 6) is 0. The highest BCUT2D eigenvalue weighted by Crippen LogP contribution is 2.17. The Labute approximate surface area is 92.6 Å². The lowest BCUT2D eigenvalue weighted by Gasteiger charge is -2.18. The van der Waals surface area contributed by atoms with Gasteiger partial charge in [0.25, 0.3) is 0 Å². The van der Waals surface area contributed by atoms with Gasteiger partial charge in [0.1, 0.15) is 0 Å². The summed E-state index contributed by atoms with van der Waals surface area (Å²) in [7, 11) is 1.98. The van der Waals surface area contributed by atoms with E-state index < -0.39 is 0 Å². The summed E-state index contributed by atoms with van der Waals surface area (Å²) < 4.78 is 5.58. The Kier molecular flexibility index (Phi) is 5.37. The Balaban J connectivity index is 2.61. The lowest BCUT2D eigenvalue weighted by Crippen LogP contribution is -2.22. The second kappa shape index (κ2) is 6.59. The number of hydrogen-bond donors (Lipinski definition) is 1. The van der Waals surface area contributed by atoms with Gasteiger partial charge >= 0.3 is 0 Å². The monoisotopic (exact) mass is 207 g/mol. The lowest BCUT2D eigenvalue weighted by molar-refractivity contribution is 0.114. The van der Waals surface area contributed by atoms with Gasteiger partial charge in [0.05, 0.1) is 12.6 Å². The van der Waals surface area contributed by atoms with Crippen LogP contribution in [0.4, 0.5) is 0 Å². The van der Waals surface area contributed by atoms with Crippen molar-refractivity contribution in [1.82, 2.24) is 5.32 Å². The van der Waals surface area contributed by atoms with E-state index in [0.29, 0.717) is 6.04 Å². The average Bonchev–Trinajstić information content (AvgIpc) is 2.26. The molecular weight excluding hydrogens is 186 g/mol. The van der Waals surface area contributed by atoms with Crippen LogP contribution in [0.15, 0.2) is 24.3 Å². The first-order chi connectivity index (χ1) is 7.29. The molecule has 2 heteroatoms. The van der Waals surface area contributed by atoms with Crippen LogP contribution < -0.4 is 5.32 Å². The van der Waals surface area contributed by atoms with Crippen LogP contribution in [0.5, 0.6) is 0 Å². The minimum absolute atomic E-state index is 0.303. The highest BCUT2D eigenvalue weighted by Gasteiger charge is 2.10. The van der Waals surface area contributed by atoms with E-state index >= 15 is 0 Å². The Bertz CT molecular complexity index is 286. The molecule has 0 bridgehead atoms. The molecule has 0 fully saturated rings. The molecule has 0 spiro atoms. The second-order valence-electron chi connectivity index (χ2n) is 3.77. The highest BCUT2D eigenvalue weighted by atomic mass is 16.5. The van der Waals surface area contributed by atoms with Crippen LogP contribution in [0.1, 0.15) is 30.5 Å². The fraction of sp³-hybridized carbons (Fsp3) is 0.538. The van der Waals surface area contributed by atoms with E-state index in [1.54, 1.807) is 0 Å². The Morgan fingerprint density at radius 3 is 2.67 bits per heavy atom. The van der Waals surface area contributed by atoms with Gasteiger partial charge in [-0.2, -0.15) is 0 Å². The minimum atomic E-state index is 0.303. The van der Waals surface area contributed by atoms with Crippen molar-refractivity contribution in [3.8, 4) is 0 Å². The average molecular weight is 207 g/mol. The van der Waals surface area contributed by atoms with Crippen LogP contribution in [0.2, 0.25) is 0 Å². The summed E-state index contributed by atoms with van der Waals surface area (Å²) in [6.45, 7) is 5.85. The van der Waals surface area contributed by atoms with Crippen molar-refractivity contribution in [2.45, 2.75) is 26.3 Å². The van der Waals surface area contributed by atoms with Gasteiger partial charge in [-0.1, -0.05) is 31.2 Å². The van der Waals surface area contributed by atoms with Gasteiger partial charge in [-0.15, -0.1) is 0 Å². The SMILES string of the molecule is CCCOCC(NC)c1ccccc1C. The predicted octanol–water partition coefficient (Wildman–Crippen LogP) is 2.68. The normalized spacial score (nSPS) is 12.7. The van der Waals surface area contributed by atoms with Crippen molar-refractivity contribution in [2.75, 3.05) is 20.3 Å². The Morgan fingerprint density at radius 1 is 1.33 bits per heavy atom. The van der Waals surface area contributed by atoms with Gasteiger partial charge < -0.3 is 10.1 Å². The fourth-order valence-electron chi connectivity index (χ4n) is 1.65. The van der Waals surface area contributed by atoms with Gasteiger partial charge in [0, 0.05) is 6.61 Å². The van der Waals surface area contributed by atoms with E-state index in [2.05, 4.69) is 43.4 Å². The summed E-state index contributed by atoms with van der Waals surface area (Å²) in [5, 5.41) is 3.29. The molecule has 0 saturated carbocycles. The maximum atomic E-state index is 5.58. The van der Waals surface area contributed by atoms with Gasteiger partial charge in [-0.25, -0.2) is 0 Å². The lowest BCUT2D eigenvalue weighted by atomic mass is 10.0. The zero-order chi connectivity index (χ0) is 11.1. The van der Waals surface area contributed by atoms with Gasteiger partial charge in [-0.05, 0) is 31.5 Å². The van der Waals surface area contributed by atoms with E-state index in [0.717, 1.165) is 19.6 Å². The zero-order valence-electron chi connectivity index (χ0n) is 9.92. The highest BCUT2D eigenvalue weighted by molar-refractivity contribution is 5.28. The van der Waals surface area contributed by atoms with E-state index in [1.807, 2.05) is 7.05 Å². The van der Waals surface area contributed by atoms with Gasteiger partial charge in [0.2, 0.25) is 0 Å². The van der Waals surface area contributed by atoms with Crippen molar-refractivity contribution in [2.24, 2.45) is 0 Å². The van der Waals surface area contributed by atoms with Crippen LogP contribution >= 0.6 is 0 Å². The fourth-order valence-corrected chi connectivity index (χ4v) is 1.65. The van der Waals surface area contributed by atoms with Crippen LogP contribution in [-0.4, -0.2) is 20.3 Å². The number of benzene rings is 1. The number of likely N-dealkylation sites (N-methyl/N-ethyl adjacent to an activating group) is 1. The van der Waals surface area contributed by atoms with Crippen LogP contribution in [-0.2, 0) is 4.74 Å². The summed E-state index contributed by atoms with van der Waals surface area (Å²) in [6.07, 6.45) is 1.07. The summed E-state index contributed by atoms with van der Waals surface area (Å²) in [5.41, 5.74) is 2.65. The molecule has 84 valence electrons. The molecule has 1 rings (SSSR count). The number of rotatable bonds is 6. The quantitative estimate of drug-likeness (QED) is 0.724. The second-order valence-corrected chi connectivity index (χ2v) is 3.77. The van der Waals surface area contributed by atoms with E-state index in [9.17, 15) is 0 Å². The summed E-state index contributed by atoms with van der Waals surface area (Å²) in [6, 6.07) is 8.74. The van der Waals surface area contributed by atoms with E-state index in [1.165, 1.54) is 11.1 Å². The van der Waals surface area contributed by atoms with Gasteiger partial charge in [0.15, 0.2) is 0 Å². The van der Waals surface area contributed by atoms with Crippen LogP contribution in [0.25, 0.3) is 0 Å². The minimum Gasteiger partial charge on any atom is -0.379 e. The molecule has 0 heterocycles. The topological polar surface area (TPSA) is 21.3 Å². The number of nitrogens with one attached hydrogen (secondary N) is 1. The molecule has 0 aliphatic carbocycles. The molecule has 1 aromatic carbocycles. The van der Waals surface area contributed by atoms with Crippen LogP contribution in [0, 0.1) is 6.92 Å². The molecule has 2 nitrogen and oxygen atoms in total. The number of aryl methyl sites for hydroxylation is 1. The summed E-state index contributed by atoms with van der Waals surface area (Å²) in [4.78, 5) is 0. The first kappa shape index (κ1) is 12.2. The third kappa shape index (κ3) is 3.65. The molecule has 0 aliphatic heterocycles. The molecule has 0 radical (unpaired) electrons. The molecule has 1 N–H and O–H groups in total. The third-order valence-corrected chi connectivity index (χ3v) is 2.55. The van der Waals surface area contributed by atoms with Crippen molar-refractivity contribution in [1.29, 1.82) is 0 Å². The summed E-state index contributed by atoms with van der Waals surface area (Å²) >= 11 is 0. The largest absolute Gasteiger partial charge is 0.379 e. The predicted molar refractivity (Wildman–Crippen MR) is 64.1 cm³/mol. The zero-order valence-corrected chi connectivity index (χ0v) is 9.92. The molecule has 15 heavy (non-hydrogen) atoms. The first-order valence-corrected chi connectivity index (χ1v) is 5.60. The van der Waals surface area contributed by atoms with Crippen LogP contribution in [0.3, 0.4) is 0 Å². The molecule has 0 saturated heterocycles. The maximum Gasteiger partial charge on any atom is 0.0661 e.